The second-order valence-corrected chi connectivity index (χ2v) is 3.06. The second kappa shape index (κ2) is 3.35. The van der Waals surface area contributed by atoms with Gasteiger partial charge < -0.3 is 5.11 Å². The van der Waals surface area contributed by atoms with Crippen LogP contribution < -0.4 is 0 Å². The molecule has 0 aliphatic rings. The van der Waals surface area contributed by atoms with E-state index in [4.69, 9.17) is 5.11 Å². The summed E-state index contributed by atoms with van der Waals surface area (Å²) < 4.78 is 24.5. The van der Waals surface area contributed by atoms with Crippen molar-refractivity contribution in [1.29, 1.82) is 0 Å². The third kappa shape index (κ3) is 1.55. The standard InChI is InChI=1S/C7H6BrF2NO/c1-3-4(12)2-11-6(5(3)8)7(9)10/h2,7,12H,1H3. The van der Waals surface area contributed by atoms with E-state index in [9.17, 15) is 8.78 Å². The van der Waals surface area contributed by atoms with Crippen molar-refractivity contribution in [2.45, 2.75) is 13.3 Å². The maximum atomic E-state index is 12.2. The molecule has 0 saturated heterocycles. The van der Waals surface area contributed by atoms with Gasteiger partial charge in [0, 0.05) is 5.56 Å². The zero-order valence-corrected chi connectivity index (χ0v) is 7.77. The van der Waals surface area contributed by atoms with Crippen LogP contribution in [0.3, 0.4) is 0 Å². The molecule has 0 spiro atoms. The molecule has 0 unspecified atom stereocenters. The van der Waals surface area contributed by atoms with Crippen LogP contribution in [0.1, 0.15) is 17.7 Å². The first-order valence-electron chi connectivity index (χ1n) is 3.16. The van der Waals surface area contributed by atoms with Crippen molar-refractivity contribution in [3.05, 3.63) is 21.9 Å². The Morgan fingerprint density at radius 3 is 2.67 bits per heavy atom. The fraction of sp³-hybridized carbons (Fsp3) is 0.286. The predicted octanol–water partition coefficient (Wildman–Crippen LogP) is 2.80. The van der Waals surface area contributed by atoms with Gasteiger partial charge in [-0.2, -0.15) is 0 Å². The summed E-state index contributed by atoms with van der Waals surface area (Å²) in [6.07, 6.45) is -1.61. The van der Waals surface area contributed by atoms with Gasteiger partial charge in [0.05, 0.1) is 10.7 Å². The van der Waals surface area contributed by atoms with Gasteiger partial charge in [-0.1, -0.05) is 0 Å². The van der Waals surface area contributed by atoms with E-state index in [2.05, 4.69) is 20.9 Å². The summed E-state index contributed by atoms with van der Waals surface area (Å²) in [5, 5.41) is 9.07. The molecule has 0 saturated carbocycles. The molecule has 0 aliphatic heterocycles. The largest absolute Gasteiger partial charge is 0.506 e. The van der Waals surface area contributed by atoms with Crippen molar-refractivity contribution < 1.29 is 13.9 Å². The molecule has 1 aromatic rings. The van der Waals surface area contributed by atoms with Gasteiger partial charge in [0.1, 0.15) is 11.4 Å². The summed E-state index contributed by atoms with van der Waals surface area (Å²) in [7, 11) is 0. The zero-order chi connectivity index (χ0) is 9.30. The lowest BCUT2D eigenvalue weighted by atomic mass is 10.2. The second-order valence-electron chi connectivity index (χ2n) is 2.27. The molecule has 5 heteroatoms. The molecule has 66 valence electrons. The molecule has 0 fully saturated rings. The van der Waals surface area contributed by atoms with Crippen molar-refractivity contribution in [2.24, 2.45) is 0 Å². The monoisotopic (exact) mass is 237 g/mol. The van der Waals surface area contributed by atoms with Gasteiger partial charge in [-0.15, -0.1) is 0 Å². The molecule has 12 heavy (non-hydrogen) atoms. The van der Waals surface area contributed by atoms with E-state index in [1.54, 1.807) is 0 Å². The third-order valence-corrected chi connectivity index (χ3v) is 2.47. The summed E-state index contributed by atoms with van der Waals surface area (Å²) in [6, 6.07) is 0. The van der Waals surface area contributed by atoms with Gasteiger partial charge in [-0.05, 0) is 22.9 Å². The smallest absolute Gasteiger partial charge is 0.281 e. The Labute approximate surface area is 76.4 Å². The summed E-state index contributed by atoms with van der Waals surface area (Å²) in [4.78, 5) is 3.39. The van der Waals surface area contributed by atoms with E-state index in [-0.39, 0.29) is 15.9 Å². The quantitative estimate of drug-likeness (QED) is 0.815. The predicted molar refractivity (Wildman–Crippen MR) is 43.3 cm³/mol. The van der Waals surface area contributed by atoms with Crippen LogP contribution in [0.5, 0.6) is 5.75 Å². The van der Waals surface area contributed by atoms with Crippen LogP contribution >= 0.6 is 15.9 Å². The molecule has 0 aromatic carbocycles. The Morgan fingerprint density at radius 1 is 1.58 bits per heavy atom. The van der Waals surface area contributed by atoms with Gasteiger partial charge in [0.2, 0.25) is 0 Å². The van der Waals surface area contributed by atoms with E-state index < -0.39 is 6.43 Å². The van der Waals surface area contributed by atoms with E-state index in [1.165, 1.54) is 6.92 Å². The van der Waals surface area contributed by atoms with Crippen LogP contribution in [0.15, 0.2) is 10.7 Å². The van der Waals surface area contributed by atoms with Gasteiger partial charge in [0.15, 0.2) is 0 Å². The zero-order valence-electron chi connectivity index (χ0n) is 6.18. The lowest BCUT2D eigenvalue weighted by Gasteiger charge is -2.05. The molecule has 1 N–H and O–H groups in total. The Kier molecular flexibility index (Phi) is 2.62. The maximum Gasteiger partial charge on any atom is 0.281 e. The van der Waals surface area contributed by atoms with Crippen LogP contribution in [-0.4, -0.2) is 10.1 Å². The molecule has 0 radical (unpaired) electrons. The van der Waals surface area contributed by atoms with Crippen LogP contribution in [-0.2, 0) is 0 Å². The average Bonchev–Trinajstić information content (AvgIpc) is 2.00. The summed E-state index contributed by atoms with van der Waals surface area (Å²) >= 11 is 2.93. The topological polar surface area (TPSA) is 33.1 Å². The number of hydrogen-bond acceptors (Lipinski definition) is 2. The summed E-state index contributed by atoms with van der Waals surface area (Å²) in [5.41, 5.74) is 0.0330. The molecule has 1 rings (SSSR count). The minimum atomic E-state index is -2.63. The minimum Gasteiger partial charge on any atom is -0.506 e. The van der Waals surface area contributed by atoms with Crippen LogP contribution in [0.2, 0.25) is 0 Å². The first-order valence-corrected chi connectivity index (χ1v) is 3.95. The number of halogens is 3. The van der Waals surface area contributed by atoms with Crippen molar-refractivity contribution >= 4 is 15.9 Å². The Morgan fingerprint density at radius 2 is 2.17 bits per heavy atom. The fourth-order valence-corrected chi connectivity index (χ4v) is 1.22. The lowest BCUT2D eigenvalue weighted by Crippen LogP contribution is -1.93. The number of rotatable bonds is 1. The van der Waals surface area contributed by atoms with Gasteiger partial charge in [-0.3, -0.25) is 4.98 Å². The number of hydrogen-bond donors (Lipinski definition) is 1. The van der Waals surface area contributed by atoms with Crippen LogP contribution in [0.4, 0.5) is 8.78 Å². The maximum absolute atomic E-state index is 12.2. The van der Waals surface area contributed by atoms with E-state index >= 15 is 0 Å². The highest BCUT2D eigenvalue weighted by molar-refractivity contribution is 9.10. The molecule has 1 heterocycles. The average molecular weight is 238 g/mol. The minimum absolute atomic E-state index is 0.0914. The highest BCUT2D eigenvalue weighted by Gasteiger charge is 2.16. The number of aromatic nitrogens is 1. The first-order chi connectivity index (χ1) is 5.54. The highest BCUT2D eigenvalue weighted by atomic mass is 79.9. The number of nitrogens with zero attached hydrogens (tertiary/aromatic N) is 1. The van der Waals surface area contributed by atoms with E-state index in [1.807, 2.05) is 0 Å². The summed E-state index contributed by atoms with van der Waals surface area (Å²) in [6.45, 7) is 1.53. The number of aromatic hydroxyl groups is 1. The first kappa shape index (κ1) is 9.38. The van der Waals surface area contributed by atoms with Gasteiger partial charge in [-0.25, -0.2) is 8.78 Å². The Balaban J connectivity index is 3.27. The fourth-order valence-electron chi connectivity index (χ4n) is 0.741. The van der Waals surface area contributed by atoms with Crippen LogP contribution in [0, 0.1) is 6.92 Å². The van der Waals surface area contributed by atoms with Crippen LogP contribution in [0.25, 0.3) is 0 Å². The molecule has 0 amide bonds. The SMILES string of the molecule is Cc1c(O)cnc(C(F)F)c1Br. The molecule has 1 aromatic heterocycles. The lowest BCUT2D eigenvalue weighted by molar-refractivity contribution is 0.145. The van der Waals surface area contributed by atoms with Crippen molar-refractivity contribution in [3.8, 4) is 5.75 Å². The molecule has 0 aliphatic carbocycles. The highest BCUT2D eigenvalue weighted by Crippen LogP contribution is 2.31. The van der Waals surface area contributed by atoms with E-state index in [0.717, 1.165) is 6.20 Å². The van der Waals surface area contributed by atoms with E-state index in [0.29, 0.717) is 5.56 Å². The number of alkyl halides is 2. The molecule has 2 nitrogen and oxygen atoms in total. The van der Waals surface area contributed by atoms with Crippen molar-refractivity contribution in [1.82, 2.24) is 4.98 Å². The molecular weight excluding hydrogens is 232 g/mol. The Hall–Kier alpha value is -0.710. The van der Waals surface area contributed by atoms with Crippen molar-refractivity contribution in [3.63, 3.8) is 0 Å². The molecule has 0 bridgehead atoms. The van der Waals surface area contributed by atoms with Gasteiger partial charge >= 0.3 is 0 Å². The molecule has 0 atom stereocenters. The summed E-state index contributed by atoms with van der Waals surface area (Å²) in [5.74, 6) is -0.0914. The normalized spacial score (nSPS) is 10.8. The molecular formula is C7H6BrF2NO. The third-order valence-electron chi connectivity index (χ3n) is 1.47. The van der Waals surface area contributed by atoms with Crippen molar-refractivity contribution in [2.75, 3.05) is 0 Å². The van der Waals surface area contributed by atoms with Gasteiger partial charge in [0.25, 0.3) is 6.43 Å². The Bertz CT molecular complexity index is 304. The number of pyridine rings is 1.